The van der Waals surface area contributed by atoms with E-state index in [2.05, 4.69) is 5.32 Å². The van der Waals surface area contributed by atoms with Crippen molar-refractivity contribution in [3.05, 3.63) is 82.4 Å². The molecule has 2 aromatic rings. The quantitative estimate of drug-likeness (QED) is 0.546. The number of methoxy groups -OCH3 is 2. The Hall–Kier alpha value is -4.07. The number of rotatable bonds is 7. The van der Waals surface area contributed by atoms with E-state index in [9.17, 15) is 14.4 Å². The van der Waals surface area contributed by atoms with Crippen molar-refractivity contribution < 1.29 is 33.3 Å². The lowest BCUT2D eigenvalue weighted by Gasteiger charge is -2.38. The average molecular weight is 506 g/mol. The van der Waals surface area contributed by atoms with E-state index in [0.717, 1.165) is 0 Å². The minimum Gasteiger partial charge on any atom is -0.493 e. The number of esters is 1. The molecule has 2 aromatic carbocycles. The fourth-order valence-corrected chi connectivity index (χ4v) is 4.79. The molecular formula is C29H31NO7. The van der Waals surface area contributed by atoms with Crippen LogP contribution < -0.4 is 14.8 Å². The Morgan fingerprint density at radius 2 is 1.73 bits per heavy atom. The summed E-state index contributed by atoms with van der Waals surface area (Å²) >= 11 is 0. The van der Waals surface area contributed by atoms with E-state index >= 15 is 0 Å². The largest absolute Gasteiger partial charge is 0.493 e. The molecule has 1 unspecified atom stereocenters. The van der Waals surface area contributed by atoms with Gasteiger partial charge in [0, 0.05) is 24.0 Å². The number of amides is 1. The molecule has 0 saturated carbocycles. The molecule has 1 amide bonds. The molecule has 1 aliphatic carbocycles. The van der Waals surface area contributed by atoms with E-state index in [4.69, 9.17) is 18.9 Å². The lowest BCUT2D eigenvalue weighted by atomic mass is 9.70. The number of benzene rings is 2. The summed E-state index contributed by atoms with van der Waals surface area (Å²) in [4.78, 5) is 40.0. The molecule has 8 nitrogen and oxygen atoms in total. The van der Waals surface area contributed by atoms with Gasteiger partial charge in [-0.25, -0.2) is 4.79 Å². The molecule has 194 valence electrons. The second-order valence-electron chi connectivity index (χ2n) is 9.71. The first kappa shape index (κ1) is 26.0. The molecule has 1 heterocycles. The number of allylic oxidation sites excluding steroid dienone is 2. The van der Waals surface area contributed by atoms with Crippen LogP contribution in [0.4, 0.5) is 0 Å². The predicted molar refractivity (Wildman–Crippen MR) is 136 cm³/mol. The van der Waals surface area contributed by atoms with Crippen molar-refractivity contribution in [2.24, 2.45) is 5.41 Å². The zero-order valence-corrected chi connectivity index (χ0v) is 21.7. The summed E-state index contributed by atoms with van der Waals surface area (Å²) in [7, 11) is 3.04. The second-order valence-corrected chi connectivity index (χ2v) is 9.71. The molecular weight excluding hydrogens is 474 g/mol. The minimum absolute atomic E-state index is 0.0451. The Balaban J connectivity index is 1.92. The standard InChI is InChI=1S/C29H31NO7/c1-6-36-28(33)25-23(18-12-13-20(34-4)21(14-18)35-5)24-19(31)15-29(2,3)16-22(24)37-27(25)30-26(32)17-10-8-7-9-11-17/h7-14,23H,6,15-16H2,1-5H3,(H,30,32). The lowest BCUT2D eigenvalue weighted by Crippen LogP contribution is -2.38. The summed E-state index contributed by atoms with van der Waals surface area (Å²) in [6.07, 6.45) is 0.749. The highest BCUT2D eigenvalue weighted by molar-refractivity contribution is 6.04. The molecule has 0 radical (unpaired) electrons. The van der Waals surface area contributed by atoms with Gasteiger partial charge in [-0.1, -0.05) is 38.1 Å². The molecule has 1 aliphatic heterocycles. The number of ketones is 1. The van der Waals surface area contributed by atoms with Crippen molar-refractivity contribution in [3.63, 3.8) is 0 Å². The van der Waals surface area contributed by atoms with Crippen molar-refractivity contribution in [1.29, 1.82) is 0 Å². The molecule has 1 N–H and O–H groups in total. The summed E-state index contributed by atoms with van der Waals surface area (Å²) in [6.45, 7) is 5.76. The summed E-state index contributed by atoms with van der Waals surface area (Å²) in [5.74, 6) is -0.769. The molecule has 0 aromatic heterocycles. The fourth-order valence-electron chi connectivity index (χ4n) is 4.79. The minimum atomic E-state index is -0.836. The van der Waals surface area contributed by atoms with Gasteiger partial charge in [0.05, 0.1) is 26.7 Å². The number of nitrogens with one attached hydrogen (secondary N) is 1. The number of ether oxygens (including phenoxy) is 4. The fraction of sp³-hybridized carbons (Fsp3) is 0.345. The predicted octanol–water partition coefficient (Wildman–Crippen LogP) is 4.67. The molecule has 0 spiro atoms. The smallest absolute Gasteiger partial charge is 0.340 e. The van der Waals surface area contributed by atoms with Crippen LogP contribution in [0.25, 0.3) is 0 Å². The molecule has 1 atom stereocenters. The van der Waals surface area contributed by atoms with E-state index < -0.39 is 17.8 Å². The maximum Gasteiger partial charge on any atom is 0.340 e. The van der Waals surface area contributed by atoms with Crippen LogP contribution in [0, 0.1) is 5.41 Å². The van der Waals surface area contributed by atoms with Crippen LogP contribution in [0.2, 0.25) is 0 Å². The highest BCUT2D eigenvalue weighted by Crippen LogP contribution is 2.49. The van der Waals surface area contributed by atoms with Crippen LogP contribution in [0.15, 0.2) is 71.3 Å². The van der Waals surface area contributed by atoms with Crippen LogP contribution in [0.1, 0.15) is 55.5 Å². The van der Waals surface area contributed by atoms with Gasteiger partial charge in [-0.2, -0.15) is 0 Å². The molecule has 37 heavy (non-hydrogen) atoms. The van der Waals surface area contributed by atoms with E-state index in [1.54, 1.807) is 55.5 Å². The Kier molecular flexibility index (Phi) is 7.38. The number of hydrogen-bond acceptors (Lipinski definition) is 7. The number of carbonyl (C=O) groups is 3. The molecule has 4 rings (SSSR count). The maximum absolute atomic E-state index is 13.5. The zero-order chi connectivity index (χ0) is 26.7. The van der Waals surface area contributed by atoms with Crippen molar-refractivity contribution in [1.82, 2.24) is 5.32 Å². The third-order valence-corrected chi connectivity index (χ3v) is 6.43. The first-order valence-electron chi connectivity index (χ1n) is 12.1. The Morgan fingerprint density at radius 3 is 2.38 bits per heavy atom. The summed E-state index contributed by atoms with van der Waals surface area (Å²) in [5, 5.41) is 2.77. The SMILES string of the molecule is CCOC(=O)C1=C(NC(=O)c2ccccc2)OC2=C(C(=O)CC(C)(C)C2)C1c1ccc(OC)c(OC)c1. The number of carbonyl (C=O) groups excluding carboxylic acids is 3. The molecule has 0 bridgehead atoms. The molecule has 8 heteroatoms. The van der Waals surface area contributed by atoms with Gasteiger partial charge in [-0.05, 0) is 42.2 Å². The summed E-state index contributed by atoms with van der Waals surface area (Å²) < 4.78 is 22.4. The third kappa shape index (κ3) is 5.23. The van der Waals surface area contributed by atoms with Gasteiger partial charge >= 0.3 is 5.97 Å². The van der Waals surface area contributed by atoms with Gasteiger partial charge in [0.1, 0.15) is 11.3 Å². The van der Waals surface area contributed by atoms with Crippen LogP contribution in [-0.4, -0.2) is 38.5 Å². The highest BCUT2D eigenvalue weighted by atomic mass is 16.5. The van der Waals surface area contributed by atoms with Gasteiger partial charge in [-0.3, -0.25) is 14.9 Å². The first-order valence-corrected chi connectivity index (χ1v) is 12.1. The van der Waals surface area contributed by atoms with Gasteiger partial charge < -0.3 is 18.9 Å². The summed E-state index contributed by atoms with van der Waals surface area (Å²) in [6, 6.07) is 13.8. The van der Waals surface area contributed by atoms with Gasteiger partial charge in [0.15, 0.2) is 17.3 Å². The van der Waals surface area contributed by atoms with Gasteiger partial charge in [-0.15, -0.1) is 0 Å². The lowest BCUT2D eigenvalue weighted by molar-refractivity contribution is -0.139. The van der Waals surface area contributed by atoms with Crippen LogP contribution in [0.5, 0.6) is 11.5 Å². The van der Waals surface area contributed by atoms with Crippen molar-refractivity contribution >= 4 is 17.7 Å². The Morgan fingerprint density at radius 1 is 1.03 bits per heavy atom. The van der Waals surface area contributed by atoms with Crippen molar-refractivity contribution in [2.45, 2.75) is 39.5 Å². The second kappa shape index (κ2) is 10.5. The third-order valence-electron chi connectivity index (χ3n) is 6.43. The topological polar surface area (TPSA) is 100 Å². The molecule has 0 fully saturated rings. The highest BCUT2D eigenvalue weighted by Gasteiger charge is 2.46. The zero-order valence-electron chi connectivity index (χ0n) is 21.7. The van der Waals surface area contributed by atoms with Crippen molar-refractivity contribution in [2.75, 3.05) is 20.8 Å². The normalized spacial score (nSPS) is 18.5. The van der Waals surface area contributed by atoms with Crippen LogP contribution >= 0.6 is 0 Å². The van der Waals surface area contributed by atoms with E-state index in [0.29, 0.717) is 46.8 Å². The van der Waals surface area contributed by atoms with E-state index in [1.807, 2.05) is 13.8 Å². The van der Waals surface area contributed by atoms with E-state index in [1.165, 1.54) is 14.2 Å². The van der Waals surface area contributed by atoms with Crippen LogP contribution in [0.3, 0.4) is 0 Å². The Bertz CT molecular complexity index is 1290. The molecule has 2 aliphatic rings. The number of hydrogen-bond donors (Lipinski definition) is 1. The number of Topliss-reactive ketones (excluding diaryl/α,β-unsaturated/α-hetero) is 1. The molecule has 0 saturated heterocycles. The monoisotopic (exact) mass is 505 g/mol. The first-order chi connectivity index (χ1) is 17.7. The Labute approximate surface area is 216 Å². The van der Waals surface area contributed by atoms with Gasteiger partial charge in [0.25, 0.3) is 5.91 Å². The average Bonchev–Trinajstić information content (AvgIpc) is 2.87. The van der Waals surface area contributed by atoms with Crippen LogP contribution in [-0.2, 0) is 19.1 Å². The van der Waals surface area contributed by atoms with Gasteiger partial charge in [0.2, 0.25) is 5.88 Å². The van der Waals surface area contributed by atoms with Crippen molar-refractivity contribution in [3.8, 4) is 11.5 Å². The van der Waals surface area contributed by atoms with E-state index in [-0.39, 0.29) is 29.3 Å². The summed E-state index contributed by atoms with van der Waals surface area (Å²) in [5.41, 5.74) is 1.08. The maximum atomic E-state index is 13.5.